The van der Waals surface area contributed by atoms with Gasteiger partial charge < -0.3 is 14.8 Å². The molecule has 1 aromatic heterocycles. The van der Waals surface area contributed by atoms with Gasteiger partial charge in [-0.05, 0) is 6.07 Å². The smallest absolute Gasteiger partial charge is 0.214 e. The molecule has 0 aliphatic rings. The van der Waals surface area contributed by atoms with Crippen molar-refractivity contribution < 1.29 is 9.47 Å². The molecule has 72 valence electrons. The van der Waals surface area contributed by atoms with Gasteiger partial charge in [-0.25, -0.2) is 0 Å². The fourth-order valence-electron chi connectivity index (χ4n) is 0.908. The summed E-state index contributed by atoms with van der Waals surface area (Å²) in [7, 11) is 3.27. The maximum atomic E-state index is 4.98. The first-order valence-corrected chi connectivity index (χ1v) is 4.10. The van der Waals surface area contributed by atoms with Gasteiger partial charge in [0.05, 0.1) is 13.7 Å². The predicted molar refractivity (Wildman–Crippen MR) is 51.2 cm³/mol. The van der Waals surface area contributed by atoms with Gasteiger partial charge in [0, 0.05) is 19.7 Å². The monoisotopic (exact) mass is 182 g/mol. The third-order valence-electron chi connectivity index (χ3n) is 1.54. The van der Waals surface area contributed by atoms with Crippen molar-refractivity contribution in [1.82, 2.24) is 4.98 Å². The van der Waals surface area contributed by atoms with E-state index in [1.165, 1.54) is 0 Å². The first-order valence-electron chi connectivity index (χ1n) is 4.10. The first-order chi connectivity index (χ1) is 6.36. The van der Waals surface area contributed by atoms with Gasteiger partial charge in [-0.2, -0.15) is 4.98 Å². The Balaban J connectivity index is 2.46. The van der Waals surface area contributed by atoms with Crippen molar-refractivity contribution in [2.24, 2.45) is 0 Å². The number of anilines is 1. The second-order valence-corrected chi connectivity index (χ2v) is 2.48. The van der Waals surface area contributed by atoms with E-state index in [2.05, 4.69) is 10.3 Å². The molecule has 4 heteroatoms. The Bertz CT molecular complexity index is 253. The van der Waals surface area contributed by atoms with Gasteiger partial charge in [-0.1, -0.05) is 6.07 Å². The molecule has 0 spiro atoms. The summed E-state index contributed by atoms with van der Waals surface area (Å²) in [6.07, 6.45) is 0. The average molecular weight is 182 g/mol. The molecule has 1 heterocycles. The Morgan fingerprint density at radius 2 is 2.23 bits per heavy atom. The molecule has 13 heavy (non-hydrogen) atoms. The van der Waals surface area contributed by atoms with Gasteiger partial charge in [0.15, 0.2) is 0 Å². The molecule has 0 fully saturated rings. The quantitative estimate of drug-likeness (QED) is 0.694. The zero-order chi connectivity index (χ0) is 9.52. The van der Waals surface area contributed by atoms with Crippen molar-refractivity contribution in [3.63, 3.8) is 0 Å². The molecule has 0 saturated heterocycles. The molecule has 0 atom stereocenters. The highest BCUT2D eigenvalue weighted by Gasteiger charge is 1.95. The van der Waals surface area contributed by atoms with Crippen LogP contribution in [0, 0.1) is 0 Å². The molecule has 0 amide bonds. The van der Waals surface area contributed by atoms with E-state index < -0.39 is 0 Å². The molecular weight excluding hydrogens is 168 g/mol. The Kier molecular flexibility index (Phi) is 4.05. The van der Waals surface area contributed by atoms with Crippen molar-refractivity contribution in [2.45, 2.75) is 0 Å². The summed E-state index contributed by atoms with van der Waals surface area (Å²) in [4.78, 5) is 4.17. The lowest BCUT2D eigenvalue weighted by atomic mass is 10.4. The summed E-state index contributed by atoms with van der Waals surface area (Å²) in [5, 5.41) is 3.10. The highest BCUT2D eigenvalue weighted by atomic mass is 16.5. The van der Waals surface area contributed by atoms with Crippen LogP contribution in [0.1, 0.15) is 0 Å². The van der Waals surface area contributed by atoms with Crippen LogP contribution in [-0.4, -0.2) is 32.4 Å². The van der Waals surface area contributed by atoms with Crippen molar-refractivity contribution in [3.8, 4) is 5.88 Å². The molecule has 0 unspecified atom stereocenters. The van der Waals surface area contributed by atoms with Crippen molar-refractivity contribution in [3.05, 3.63) is 18.2 Å². The minimum atomic E-state index is 0.613. The Labute approximate surface area is 77.9 Å². The molecule has 0 radical (unpaired) electrons. The number of hydrogen-bond acceptors (Lipinski definition) is 4. The zero-order valence-corrected chi connectivity index (χ0v) is 7.91. The molecule has 0 aliphatic heterocycles. The summed E-state index contributed by atoms with van der Waals surface area (Å²) in [5.41, 5.74) is 0. The number of ether oxygens (including phenoxy) is 2. The summed E-state index contributed by atoms with van der Waals surface area (Å²) in [5.74, 6) is 1.42. The average Bonchev–Trinajstić information content (AvgIpc) is 2.19. The van der Waals surface area contributed by atoms with Gasteiger partial charge in [0.25, 0.3) is 0 Å². The van der Waals surface area contributed by atoms with E-state index >= 15 is 0 Å². The molecule has 0 aliphatic carbocycles. The van der Waals surface area contributed by atoms with Crippen LogP contribution in [0.5, 0.6) is 5.88 Å². The van der Waals surface area contributed by atoms with Crippen LogP contribution < -0.4 is 10.1 Å². The maximum Gasteiger partial charge on any atom is 0.214 e. The molecule has 1 rings (SSSR count). The number of nitrogens with one attached hydrogen (secondary N) is 1. The second-order valence-electron chi connectivity index (χ2n) is 2.48. The summed E-state index contributed by atoms with van der Waals surface area (Å²) < 4.78 is 9.88. The van der Waals surface area contributed by atoms with Crippen LogP contribution in [0.15, 0.2) is 18.2 Å². The summed E-state index contributed by atoms with van der Waals surface area (Å²) in [6.45, 7) is 1.41. The highest BCUT2D eigenvalue weighted by Crippen LogP contribution is 2.09. The van der Waals surface area contributed by atoms with E-state index in [4.69, 9.17) is 9.47 Å². The van der Waals surface area contributed by atoms with Crippen LogP contribution in [0.4, 0.5) is 5.82 Å². The van der Waals surface area contributed by atoms with Crippen LogP contribution in [0.2, 0.25) is 0 Å². The van der Waals surface area contributed by atoms with Gasteiger partial charge in [0.1, 0.15) is 5.82 Å². The van der Waals surface area contributed by atoms with Crippen molar-refractivity contribution in [2.75, 3.05) is 32.7 Å². The topological polar surface area (TPSA) is 43.4 Å². The first kappa shape index (κ1) is 9.80. The minimum absolute atomic E-state index is 0.613. The van der Waals surface area contributed by atoms with Crippen molar-refractivity contribution in [1.29, 1.82) is 0 Å². The highest BCUT2D eigenvalue weighted by molar-refractivity contribution is 5.36. The second kappa shape index (κ2) is 5.37. The van der Waals surface area contributed by atoms with Crippen molar-refractivity contribution >= 4 is 5.82 Å². The molecule has 0 saturated carbocycles. The molecule has 0 bridgehead atoms. The number of hydrogen-bond donors (Lipinski definition) is 1. The Morgan fingerprint density at radius 1 is 1.38 bits per heavy atom. The SMILES string of the molecule is COCCNc1cccc(OC)n1. The van der Waals surface area contributed by atoms with E-state index in [-0.39, 0.29) is 0 Å². The summed E-state index contributed by atoms with van der Waals surface area (Å²) in [6, 6.07) is 5.58. The van der Waals surface area contributed by atoms with Crippen LogP contribution in [-0.2, 0) is 4.74 Å². The van der Waals surface area contributed by atoms with E-state index in [0.29, 0.717) is 12.5 Å². The van der Waals surface area contributed by atoms with Crippen LogP contribution >= 0.6 is 0 Å². The maximum absolute atomic E-state index is 4.98. The number of rotatable bonds is 5. The van der Waals surface area contributed by atoms with Crippen LogP contribution in [0.3, 0.4) is 0 Å². The number of methoxy groups -OCH3 is 2. The van der Waals surface area contributed by atoms with Gasteiger partial charge in [-0.15, -0.1) is 0 Å². The third kappa shape index (κ3) is 3.29. The van der Waals surface area contributed by atoms with E-state index in [9.17, 15) is 0 Å². The number of nitrogens with zero attached hydrogens (tertiary/aromatic N) is 1. The Hall–Kier alpha value is -1.29. The molecule has 1 N–H and O–H groups in total. The molecular formula is C9H14N2O2. The lowest BCUT2D eigenvalue weighted by molar-refractivity contribution is 0.210. The normalized spacial score (nSPS) is 9.69. The fourth-order valence-corrected chi connectivity index (χ4v) is 0.908. The fraction of sp³-hybridized carbons (Fsp3) is 0.444. The minimum Gasteiger partial charge on any atom is -0.481 e. The standard InChI is InChI=1S/C9H14N2O2/c1-12-7-6-10-8-4-3-5-9(11-8)13-2/h3-5H,6-7H2,1-2H3,(H,10,11). The van der Waals surface area contributed by atoms with Gasteiger partial charge in [-0.3, -0.25) is 0 Å². The number of aromatic nitrogens is 1. The van der Waals surface area contributed by atoms with Crippen LogP contribution in [0.25, 0.3) is 0 Å². The van der Waals surface area contributed by atoms with E-state index in [0.717, 1.165) is 12.4 Å². The lowest BCUT2D eigenvalue weighted by Gasteiger charge is -2.05. The molecule has 1 aromatic rings. The van der Waals surface area contributed by atoms with Gasteiger partial charge in [0.2, 0.25) is 5.88 Å². The number of pyridine rings is 1. The lowest BCUT2D eigenvalue weighted by Crippen LogP contribution is -2.08. The molecule has 4 nitrogen and oxygen atoms in total. The molecule has 0 aromatic carbocycles. The summed E-state index contributed by atoms with van der Waals surface area (Å²) >= 11 is 0. The largest absolute Gasteiger partial charge is 0.481 e. The van der Waals surface area contributed by atoms with E-state index in [1.807, 2.05) is 18.2 Å². The Morgan fingerprint density at radius 3 is 2.92 bits per heavy atom. The third-order valence-corrected chi connectivity index (χ3v) is 1.54. The predicted octanol–water partition coefficient (Wildman–Crippen LogP) is 1.15. The van der Waals surface area contributed by atoms with Gasteiger partial charge >= 0.3 is 0 Å². The van der Waals surface area contributed by atoms with E-state index in [1.54, 1.807) is 14.2 Å². The zero-order valence-electron chi connectivity index (χ0n) is 7.91.